The highest BCUT2D eigenvalue weighted by molar-refractivity contribution is 5.71. The lowest BCUT2D eigenvalue weighted by molar-refractivity contribution is 0.177. The SMILES string of the molecule is Cn1c(=O)c2c(ncn2CCN2CCC(Cc3nc4cccnc4n3Cc3ccco3)CC2)n(C)c1=O. The van der Waals surface area contributed by atoms with Gasteiger partial charge in [0.1, 0.15) is 17.1 Å². The molecule has 0 aromatic carbocycles. The summed E-state index contributed by atoms with van der Waals surface area (Å²) in [5, 5.41) is 0. The van der Waals surface area contributed by atoms with E-state index in [0.29, 0.717) is 30.2 Å². The van der Waals surface area contributed by atoms with Crippen LogP contribution in [-0.4, -0.2) is 57.8 Å². The fourth-order valence-electron chi connectivity index (χ4n) is 5.37. The summed E-state index contributed by atoms with van der Waals surface area (Å²) in [5.74, 6) is 2.48. The molecule has 1 aliphatic heterocycles. The summed E-state index contributed by atoms with van der Waals surface area (Å²) in [7, 11) is 3.15. The van der Waals surface area contributed by atoms with Crippen LogP contribution in [-0.2, 0) is 33.6 Å². The molecule has 5 aromatic rings. The summed E-state index contributed by atoms with van der Waals surface area (Å²) in [4.78, 5) is 41.1. The first-order valence-electron chi connectivity index (χ1n) is 12.7. The van der Waals surface area contributed by atoms with E-state index in [1.807, 2.05) is 35.0 Å². The summed E-state index contributed by atoms with van der Waals surface area (Å²) in [5.41, 5.74) is 2.04. The van der Waals surface area contributed by atoms with Crippen LogP contribution in [0.5, 0.6) is 0 Å². The van der Waals surface area contributed by atoms with E-state index in [2.05, 4.69) is 19.4 Å². The van der Waals surface area contributed by atoms with Crippen LogP contribution in [0.2, 0.25) is 0 Å². The molecule has 1 aliphatic rings. The third-order valence-corrected chi connectivity index (χ3v) is 7.53. The largest absolute Gasteiger partial charge is 0.467 e. The third-order valence-electron chi connectivity index (χ3n) is 7.53. The Bertz CT molecular complexity index is 1670. The summed E-state index contributed by atoms with van der Waals surface area (Å²) in [6.45, 7) is 4.08. The number of rotatable bonds is 7. The quantitative estimate of drug-likeness (QED) is 0.334. The average Bonchev–Trinajstić information content (AvgIpc) is 3.66. The van der Waals surface area contributed by atoms with E-state index in [1.165, 1.54) is 11.6 Å². The van der Waals surface area contributed by atoms with Gasteiger partial charge in [-0.15, -0.1) is 0 Å². The van der Waals surface area contributed by atoms with Gasteiger partial charge in [-0.05, 0) is 56.1 Å². The Morgan fingerprint density at radius 3 is 2.62 bits per heavy atom. The van der Waals surface area contributed by atoms with Crippen LogP contribution < -0.4 is 11.2 Å². The Labute approximate surface area is 212 Å². The highest BCUT2D eigenvalue weighted by Gasteiger charge is 2.23. The second kappa shape index (κ2) is 9.47. The van der Waals surface area contributed by atoms with Crippen molar-refractivity contribution in [1.82, 2.24) is 38.1 Å². The number of hydrogen-bond donors (Lipinski definition) is 0. The van der Waals surface area contributed by atoms with Crippen molar-refractivity contribution in [1.29, 1.82) is 0 Å². The molecule has 192 valence electrons. The van der Waals surface area contributed by atoms with Crippen molar-refractivity contribution < 1.29 is 4.42 Å². The molecule has 6 rings (SSSR count). The number of aromatic nitrogens is 7. The summed E-state index contributed by atoms with van der Waals surface area (Å²) in [6.07, 6.45) is 8.24. The van der Waals surface area contributed by atoms with Crippen molar-refractivity contribution in [2.75, 3.05) is 19.6 Å². The molecule has 0 saturated carbocycles. The maximum atomic E-state index is 12.7. The van der Waals surface area contributed by atoms with Crippen molar-refractivity contribution in [3.63, 3.8) is 0 Å². The first-order chi connectivity index (χ1) is 18.0. The van der Waals surface area contributed by atoms with Gasteiger partial charge in [0.2, 0.25) is 0 Å². The van der Waals surface area contributed by atoms with Crippen molar-refractivity contribution >= 4 is 22.3 Å². The van der Waals surface area contributed by atoms with Gasteiger partial charge in [-0.2, -0.15) is 0 Å². The second-order valence-electron chi connectivity index (χ2n) is 9.84. The van der Waals surface area contributed by atoms with Crippen LogP contribution in [0, 0.1) is 5.92 Å². The van der Waals surface area contributed by atoms with Crippen LogP contribution in [0.3, 0.4) is 0 Å². The minimum atomic E-state index is -0.363. The van der Waals surface area contributed by atoms with Crippen molar-refractivity contribution in [2.24, 2.45) is 20.0 Å². The van der Waals surface area contributed by atoms with Crippen molar-refractivity contribution in [3.8, 4) is 0 Å². The predicted octanol–water partition coefficient (Wildman–Crippen LogP) is 1.77. The lowest BCUT2D eigenvalue weighted by Gasteiger charge is -2.32. The number of fused-ring (bicyclic) bond motifs is 2. The van der Waals surface area contributed by atoms with E-state index in [-0.39, 0.29) is 11.2 Å². The number of aryl methyl sites for hydroxylation is 1. The molecule has 11 heteroatoms. The van der Waals surface area contributed by atoms with Gasteiger partial charge in [0.15, 0.2) is 16.8 Å². The van der Waals surface area contributed by atoms with Gasteiger partial charge >= 0.3 is 5.69 Å². The fraction of sp³-hybridized carbons (Fsp3) is 0.423. The van der Waals surface area contributed by atoms with Gasteiger partial charge in [0.05, 0.1) is 19.1 Å². The zero-order valence-electron chi connectivity index (χ0n) is 21.1. The Balaban J connectivity index is 1.12. The van der Waals surface area contributed by atoms with E-state index in [4.69, 9.17) is 9.40 Å². The fourth-order valence-corrected chi connectivity index (χ4v) is 5.37. The maximum absolute atomic E-state index is 12.7. The van der Waals surface area contributed by atoms with Crippen LogP contribution in [0.25, 0.3) is 22.3 Å². The molecule has 0 aliphatic carbocycles. The first kappa shape index (κ1) is 23.4. The maximum Gasteiger partial charge on any atom is 0.332 e. The molecule has 37 heavy (non-hydrogen) atoms. The molecule has 0 amide bonds. The molecule has 1 saturated heterocycles. The summed E-state index contributed by atoms with van der Waals surface area (Å²) >= 11 is 0. The average molecular weight is 503 g/mol. The smallest absolute Gasteiger partial charge is 0.332 e. The zero-order valence-corrected chi connectivity index (χ0v) is 21.1. The van der Waals surface area contributed by atoms with E-state index in [9.17, 15) is 9.59 Å². The van der Waals surface area contributed by atoms with Gasteiger partial charge in [-0.25, -0.2) is 19.7 Å². The number of hydrogen-bond acceptors (Lipinski definition) is 7. The standard InChI is InChI=1S/C26H30N8O3/c1-30-24-22(25(35)31(2)26(30)36)33(17-28-24)13-12-32-10-7-18(8-11-32)15-21-29-20-6-3-9-27-23(20)34(21)16-19-5-4-14-37-19/h3-6,9,14,17-18H,7-8,10-13,15-16H2,1-2H3. The minimum Gasteiger partial charge on any atom is -0.467 e. The Hall–Kier alpha value is -3.99. The number of nitrogens with zero attached hydrogens (tertiary/aromatic N) is 8. The van der Waals surface area contributed by atoms with E-state index in [0.717, 1.165) is 66.2 Å². The molecule has 0 radical (unpaired) electrons. The third kappa shape index (κ3) is 4.29. The number of likely N-dealkylation sites (tertiary alicyclic amines) is 1. The van der Waals surface area contributed by atoms with E-state index < -0.39 is 0 Å². The van der Waals surface area contributed by atoms with Crippen molar-refractivity contribution in [2.45, 2.75) is 32.4 Å². The molecule has 0 spiro atoms. The number of pyridine rings is 1. The number of furan rings is 1. The van der Waals surface area contributed by atoms with E-state index in [1.54, 1.807) is 19.6 Å². The van der Waals surface area contributed by atoms with Crippen LogP contribution >= 0.6 is 0 Å². The molecule has 0 atom stereocenters. The van der Waals surface area contributed by atoms with Crippen LogP contribution in [0.15, 0.2) is 57.1 Å². The van der Waals surface area contributed by atoms with Gasteiger partial charge in [0.25, 0.3) is 5.56 Å². The molecular weight excluding hydrogens is 472 g/mol. The topological polar surface area (TPSA) is 109 Å². The Morgan fingerprint density at radius 1 is 1.00 bits per heavy atom. The monoisotopic (exact) mass is 502 g/mol. The van der Waals surface area contributed by atoms with Gasteiger partial charge in [0, 0.05) is 39.8 Å². The number of piperidine rings is 1. The Kier molecular flexibility index (Phi) is 5.99. The van der Waals surface area contributed by atoms with E-state index >= 15 is 0 Å². The molecule has 6 heterocycles. The van der Waals surface area contributed by atoms with Gasteiger partial charge < -0.3 is 18.5 Å². The molecule has 5 aromatic heterocycles. The number of imidazole rings is 2. The van der Waals surface area contributed by atoms with Crippen LogP contribution in [0.1, 0.15) is 24.4 Å². The summed E-state index contributed by atoms with van der Waals surface area (Å²) in [6, 6.07) is 7.82. The van der Waals surface area contributed by atoms with Gasteiger partial charge in [-0.1, -0.05) is 0 Å². The molecule has 11 nitrogen and oxygen atoms in total. The normalized spacial score (nSPS) is 15.3. The van der Waals surface area contributed by atoms with Crippen LogP contribution in [0.4, 0.5) is 0 Å². The lowest BCUT2D eigenvalue weighted by atomic mass is 9.93. The minimum absolute atomic E-state index is 0.304. The highest BCUT2D eigenvalue weighted by Crippen LogP contribution is 2.24. The molecule has 0 bridgehead atoms. The zero-order chi connectivity index (χ0) is 25.5. The first-order valence-corrected chi connectivity index (χ1v) is 12.7. The van der Waals surface area contributed by atoms with Crippen molar-refractivity contribution in [3.05, 3.63) is 75.5 Å². The molecule has 1 fully saturated rings. The molecule has 0 unspecified atom stereocenters. The highest BCUT2D eigenvalue weighted by atomic mass is 16.3. The molecule has 0 N–H and O–H groups in total. The second-order valence-corrected chi connectivity index (χ2v) is 9.84. The van der Waals surface area contributed by atoms with Gasteiger partial charge in [-0.3, -0.25) is 13.9 Å². The predicted molar refractivity (Wildman–Crippen MR) is 138 cm³/mol. The Morgan fingerprint density at radius 2 is 1.84 bits per heavy atom. The lowest BCUT2D eigenvalue weighted by Crippen LogP contribution is -2.38. The summed E-state index contributed by atoms with van der Waals surface area (Å²) < 4.78 is 12.2. The molecular formula is C26H30N8O3.